The van der Waals surface area contributed by atoms with Gasteiger partial charge in [-0.1, -0.05) is 32.4 Å². The van der Waals surface area contributed by atoms with E-state index in [4.69, 9.17) is 11.6 Å². The van der Waals surface area contributed by atoms with Crippen molar-refractivity contribution in [3.63, 3.8) is 0 Å². The molecule has 114 valence electrons. The van der Waals surface area contributed by atoms with Gasteiger partial charge in [0.1, 0.15) is 11.1 Å². The van der Waals surface area contributed by atoms with Crippen molar-refractivity contribution >= 4 is 23.4 Å². The number of carbonyl (C=O) groups excluding carboxylic acids is 2. The molecule has 1 heterocycles. The van der Waals surface area contributed by atoms with E-state index < -0.39 is 11.1 Å². The van der Waals surface area contributed by atoms with E-state index in [9.17, 15) is 9.59 Å². The summed E-state index contributed by atoms with van der Waals surface area (Å²) >= 11 is 5.74. The Kier molecular flexibility index (Phi) is 5.25. The van der Waals surface area contributed by atoms with Crippen LogP contribution in [-0.4, -0.2) is 34.3 Å². The molecule has 4 nitrogen and oxygen atoms in total. The number of rotatable bonds is 5. The molecule has 0 aromatic heterocycles. The Bertz CT molecular complexity index is 430. The Morgan fingerprint density at radius 2 is 1.80 bits per heavy atom. The number of hydrogen-bond acceptors (Lipinski definition) is 2. The van der Waals surface area contributed by atoms with E-state index in [1.807, 2.05) is 27.7 Å². The summed E-state index contributed by atoms with van der Waals surface area (Å²) in [6, 6.07) is 0. The van der Waals surface area contributed by atoms with Crippen molar-refractivity contribution in [1.29, 1.82) is 0 Å². The van der Waals surface area contributed by atoms with E-state index >= 15 is 0 Å². The van der Waals surface area contributed by atoms with Crippen LogP contribution in [0.3, 0.4) is 0 Å². The van der Waals surface area contributed by atoms with Crippen LogP contribution in [0, 0.1) is 0 Å². The average molecular weight is 301 g/mol. The summed E-state index contributed by atoms with van der Waals surface area (Å²) < 4.78 is 0. The minimum atomic E-state index is -0.822. The van der Waals surface area contributed by atoms with Crippen LogP contribution in [0.25, 0.3) is 0 Å². The van der Waals surface area contributed by atoms with Gasteiger partial charge >= 0.3 is 0 Å². The summed E-state index contributed by atoms with van der Waals surface area (Å²) in [6.45, 7) is 9.84. The predicted octanol–water partition coefficient (Wildman–Crippen LogP) is 2.81. The van der Waals surface area contributed by atoms with Crippen LogP contribution in [0.15, 0.2) is 11.1 Å². The molecule has 20 heavy (non-hydrogen) atoms. The maximum atomic E-state index is 12.8. The number of amides is 2. The molecule has 0 spiro atoms. The van der Waals surface area contributed by atoms with Gasteiger partial charge in [-0.3, -0.25) is 9.59 Å². The van der Waals surface area contributed by atoms with Gasteiger partial charge in [0, 0.05) is 12.1 Å². The Labute approximate surface area is 126 Å². The van der Waals surface area contributed by atoms with E-state index in [-0.39, 0.29) is 11.8 Å². The standard InChI is InChI=1S/C15H25ClN2O2/c1-6-14(5)13(20)18(10-11(4)9-16)15(7-2,8-3)12(19)17-14/h9H,6-8,10H2,1-5H3,(H,17,19). The third-order valence-corrected chi connectivity index (χ3v) is 4.89. The zero-order valence-corrected chi connectivity index (χ0v) is 13.8. The molecule has 1 aliphatic heterocycles. The second-order valence-electron chi connectivity index (χ2n) is 5.73. The van der Waals surface area contributed by atoms with Crippen LogP contribution in [-0.2, 0) is 9.59 Å². The lowest BCUT2D eigenvalue weighted by Gasteiger charge is -2.51. The topological polar surface area (TPSA) is 49.4 Å². The summed E-state index contributed by atoms with van der Waals surface area (Å²) in [4.78, 5) is 27.2. The normalized spacial score (nSPS) is 26.7. The quantitative estimate of drug-likeness (QED) is 0.849. The van der Waals surface area contributed by atoms with Crippen LogP contribution >= 0.6 is 11.6 Å². The van der Waals surface area contributed by atoms with Gasteiger partial charge in [0.15, 0.2) is 0 Å². The molecule has 0 saturated carbocycles. The number of carbonyl (C=O) groups is 2. The molecular weight excluding hydrogens is 276 g/mol. The molecule has 1 saturated heterocycles. The maximum absolute atomic E-state index is 12.8. The van der Waals surface area contributed by atoms with Gasteiger partial charge in [-0.05, 0) is 38.7 Å². The van der Waals surface area contributed by atoms with E-state index in [1.165, 1.54) is 5.54 Å². The highest BCUT2D eigenvalue weighted by molar-refractivity contribution is 6.25. The van der Waals surface area contributed by atoms with E-state index in [2.05, 4.69) is 5.32 Å². The van der Waals surface area contributed by atoms with E-state index in [0.717, 1.165) is 5.57 Å². The molecular formula is C15H25ClN2O2. The fourth-order valence-electron chi connectivity index (χ4n) is 2.73. The highest BCUT2D eigenvalue weighted by Gasteiger charge is 2.54. The van der Waals surface area contributed by atoms with Crippen molar-refractivity contribution in [3.05, 3.63) is 11.1 Å². The first kappa shape index (κ1) is 17.0. The van der Waals surface area contributed by atoms with Gasteiger partial charge in [-0.2, -0.15) is 0 Å². The Morgan fingerprint density at radius 1 is 1.25 bits per heavy atom. The molecule has 1 fully saturated rings. The van der Waals surface area contributed by atoms with Crippen molar-refractivity contribution in [2.75, 3.05) is 6.54 Å². The third kappa shape index (κ3) is 2.58. The van der Waals surface area contributed by atoms with Crippen LogP contribution in [0.1, 0.15) is 53.9 Å². The molecule has 1 unspecified atom stereocenters. The summed E-state index contributed by atoms with van der Waals surface area (Å²) in [7, 11) is 0. The molecule has 0 aromatic rings. The number of hydrogen-bond donors (Lipinski definition) is 1. The summed E-state index contributed by atoms with van der Waals surface area (Å²) in [5.41, 5.74) is 0.753. The van der Waals surface area contributed by atoms with Gasteiger partial charge in [0.25, 0.3) is 0 Å². The zero-order valence-electron chi connectivity index (χ0n) is 13.0. The Hall–Kier alpha value is -1.03. The lowest BCUT2D eigenvalue weighted by Crippen LogP contribution is -2.74. The largest absolute Gasteiger partial charge is 0.340 e. The average Bonchev–Trinajstić information content (AvgIpc) is 2.45. The van der Waals surface area contributed by atoms with Gasteiger partial charge in [0.05, 0.1) is 0 Å². The first-order valence-electron chi connectivity index (χ1n) is 7.21. The molecule has 1 rings (SSSR count). The van der Waals surface area contributed by atoms with Crippen molar-refractivity contribution in [2.24, 2.45) is 0 Å². The minimum absolute atomic E-state index is 0.0267. The van der Waals surface area contributed by atoms with Gasteiger partial charge in [-0.15, -0.1) is 0 Å². The van der Waals surface area contributed by atoms with Crippen LogP contribution in [0.5, 0.6) is 0 Å². The Morgan fingerprint density at radius 3 is 2.20 bits per heavy atom. The predicted molar refractivity (Wildman–Crippen MR) is 81.5 cm³/mol. The SMILES string of the molecule is CCC1(C)NC(=O)C(CC)(CC)N(CC(C)=CCl)C1=O. The molecule has 0 aliphatic carbocycles. The maximum Gasteiger partial charge on any atom is 0.249 e. The van der Waals surface area contributed by atoms with Crippen LogP contribution < -0.4 is 5.32 Å². The van der Waals surface area contributed by atoms with Gasteiger partial charge in [0.2, 0.25) is 11.8 Å². The van der Waals surface area contributed by atoms with E-state index in [0.29, 0.717) is 25.8 Å². The summed E-state index contributed by atoms with van der Waals surface area (Å²) in [5, 5.41) is 2.92. The molecule has 2 amide bonds. The number of nitrogens with zero attached hydrogens (tertiary/aromatic N) is 1. The van der Waals surface area contributed by atoms with Gasteiger partial charge in [-0.25, -0.2) is 0 Å². The monoisotopic (exact) mass is 300 g/mol. The van der Waals surface area contributed by atoms with Crippen molar-refractivity contribution in [2.45, 2.75) is 65.0 Å². The summed E-state index contributed by atoms with van der Waals surface area (Å²) in [5.74, 6) is -0.0880. The Balaban J connectivity index is 3.31. The lowest BCUT2D eigenvalue weighted by molar-refractivity contribution is -0.162. The molecule has 0 bridgehead atoms. The molecule has 1 N–H and O–H groups in total. The fourth-order valence-corrected chi connectivity index (χ4v) is 2.80. The molecule has 1 aliphatic rings. The first-order valence-corrected chi connectivity index (χ1v) is 7.65. The van der Waals surface area contributed by atoms with E-state index in [1.54, 1.807) is 11.8 Å². The minimum Gasteiger partial charge on any atom is -0.340 e. The molecule has 0 aromatic carbocycles. The smallest absolute Gasteiger partial charge is 0.249 e. The van der Waals surface area contributed by atoms with Crippen molar-refractivity contribution < 1.29 is 9.59 Å². The van der Waals surface area contributed by atoms with Gasteiger partial charge < -0.3 is 10.2 Å². The first-order chi connectivity index (χ1) is 9.31. The number of piperazine rings is 1. The fraction of sp³-hybridized carbons (Fsp3) is 0.733. The highest BCUT2D eigenvalue weighted by Crippen LogP contribution is 2.33. The highest BCUT2D eigenvalue weighted by atomic mass is 35.5. The second-order valence-corrected chi connectivity index (χ2v) is 5.94. The third-order valence-electron chi connectivity index (χ3n) is 4.52. The van der Waals surface area contributed by atoms with Crippen LogP contribution in [0.2, 0.25) is 0 Å². The van der Waals surface area contributed by atoms with Crippen molar-refractivity contribution in [3.8, 4) is 0 Å². The lowest BCUT2D eigenvalue weighted by atomic mass is 9.81. The zero-order chi connectivity index (χ0) is 15.6. The van der Waals surface area contributed by atoms with Crippen LogP contribution in [0.4, 0.5) is 0 Å². The second kappa shape index (κ2) is 6.17. The molecule has 0 radical (unpaired) electrons. The number of halogens is 1. The van der Waals surface area contributed by atoms with Crippen molar-refractivity contribution in [1.82, 2.24) is 10.2 Å². The summed E-state index contributed by atoms with van der Waals surface area (Å²) in [6.07, 6.45) is 1.76. The number of nitrogens with one attached hydrogen (secondary N) is 1. The molecule has 1 atom stereocenters. The molecule has 5 heteroatoms.